The average molecular weight is 240 g/mol. The van der Waals surface area contributed by atoms with Crippen LogP contribution in [-0.2, 0) is 23.8 Å². The maximum atomic E-state index is 12.0. The van der Waals surface area contributed by atoms with Gasteiger partial charge in [-0.3, -0.25) is 9.59 Å². The molecular formula is C12H16O5. The van der Waals surface area contributed by atoms with Gasteiger partial charge in [0.05, 0.1) is 20.3 Å². The van der Waals surface area contributed by atoms with Gasteiger partial charge in [-0.2, -0.15) is 0 Å². The van der Waals surface area contributed by atoms with Crippen LogP contribution in [0.4, 0.5) is 0 Å². The van der Waals surface area contributed by atoms with Crippen molar-refractivity contribution in [1.29, 1.82) is 0 Å². The van der Waals surface area contributed by atoms with Crippen molar-refractivity contribution in [3.63, 3.8) is 0 Å². The first-order valence-corrected chi connectivity index (χ1v) is 5.62. The second-order valence-corrected chi connectivity index (χ2v) is 4.32. The molecule has 0 amide bonds. The number of hydrogen-bond acceptors (Lipinski definition) is 5. The first-order chi connectivity index (χ1) is 8.16. The fourth-order valence-corrected chi connectivity index (χ4v) is 2.78. The lowest BCUT2D eigenvalue weighted by Crippen LogP contribution is -2.50. The van der Waals surface area contributed by atoms with E-state index in [4.69, 9.17) is 14.2 Å². The number of hydrogen-bond donors (Lipinski definition) is 0. The lowest BCUT2D eigenvalue weighted by atomic mass is 9.67. The number of ether oxygens (including phenoxy) is 3. The molecule has 2 atom stereocenters. The highest BCUT2D eigenvalue weighted by Gasteiger charge is 2.58. The number of allylic oxidation sites excluding steroid dienone is 1. The molecule has 5 heteroatoms. The van der Waals surface area contributed by atoms with Gasteiger partial charge in [-0.1, -0.05) is 12.2 Å². The third-order valence-electron chi connectivity index (χ3n) is 3.63. The Morgan fingerprint density at radius 2 is 1.94 bits per heavy atom. The summed E-state index contributed by atoms with van der Waals surface area (Å²) in [6.07, 6.45) is 4.49. The molecule has 0 aromatic carbocycles. The molecule has 17 heavy (non-hydrogen) atoms. The third-order valence-corrected chi connectivity index (χ3v) is 3.63. The minimum absolute atomic E-state index is 0.188. The summed E-state index contributed by atoms with van der Waals surface area (Å²) in [5.41, 5.74) is -1.24. The fourth-order valence-electron chi connectivity index (χ4n) is 2.78. The van der Waals surface area contributed by atoms with Crippen LogP contribution in [-0.4, -0.2) is 38.9 Å². The van der Waals surface area contributed by atoms with Gasteiger partial charge in [0.15, 0.2) is 5.41 Å². The van der Waals surface area contributed by atoms with Crippen molar-refractivity contribution in [2.24, 2.45) is 11.3 Å². The van der Waals surface area contributed by atoms with Crippen molar-refractivity contribution in [1.82, 2.24) is 0 Å². The fraction of sp³-hybridized carbons (Fsp3) is 0.667. The van der Waals surface area contributed by atoms with E-state index in [9.17, 15) is 9.59 Å². The summed E-state index contributed by atoms with van der Waals surface area (Å²) in [5, 5.41) is 0. The number of methoxy groups -OCH3 is 2. The van der Waals surface area contributed by atoms with Crippen LogP contribution in [0.3, 0.4) is 0 Å². The van der Waals surface area contributed by atoms with Gasteiger partial charge in [-0.15, -0.1) is 0 Å². The van der Waals surface area contributed by atoms with E-state index in [2.05, 4.69) is 0 Å². The summed E-state index contributed by atoms with van der Waals surface area (Å²) in [4.78, 5) is 24.0. The molecule has 0 unspecified atom stereocenters. The van der Waals surface area contributed by atoms with E-state index < -0.39 is 17.4 Å². The van der Waals surface area contributed by atoms with Crippen LogP contribution in [0.5, 0.6) is 0 Å². The molecule has 0 aromatic rings. The Labute approximate surface area is 99.7 Å². The van der Waals surface area contributed by atoms with Gasteiger partial charge in [-0.05, 0) is 12.8 Å². The quantitative estimate of drug-likeness (QED) is 0.403. The van der Waals surface area contributed by atoms with Crippen LogP contribution in [0, 0.1) is 11.3 Å². The van der Waals surface area contributed by atoms with Crippen molar-refractivity contribution in [2.75, 3.05) is 20.8 Å². The predicted molar refractivity (Wildman–Crippen MR) is 58.1 cm³/mol. The van der Waals surface area contributed by atoms with Crippen LogP contribution < -0.4 is 0 Å². The number of carbonyl (C=O) groups is 2. The van der Waals surface area contributed by atoms with Crippen molar-refractivity contribution in [3.8, 4) is 0 Å². The molecule has 0 spiro atoms. The van der Waals surface area contributed by atoms with Gasteiger partial charge in [-0.25, -0.2) is 0 Å². The predicted octanol–water partition coefficient (Wildman–Crippen LogP) is 0.684. The lowest BCUT2D eigenvalue weighted by Gasteiger charge is -2.36. The zero-order valence-corrected chi connectivity index (χ0v) is 9.97. The Kier molecular flexibility index (Phi) is 3.19. The van der Waals surface area contributed by atoms with Crippen LogP contribution in [0.25, 0.3) is 0 Å². The Morgan fingerprint density at radius 1 is 1.29 bits per heavy atom. The number of esters is 2. The van der Waals surface area contributed by atoms with E-state index >= 15 is 0 Å². The highest BCUT2D eigenvalue weighted by atomic mass is 16.5. The Bertz CT molecular complexity index is 344. The highest BCUT2D eigenvalue weighted by molar-refractivity contribution is 6.01. The largest absolute Gasteiger partial charge is 0.468 e. The SMILES string of the molecule is COC(=O)C1(C(=O)OC)CC=C[C@@H]2OCC[C@@H]21. The summed E-state index contributed by atoms with van der Waals surface area (Å²) in [6.45, 7) is 0.551. The molecule has 94 valence electrons. The van der Waals surface area contributed by atoms with E-state index in [0.717, 1.165) is 0 Å². The molecule has 1 heterocycles. The molecule has 0 bridgehead atoms. The number of rotatable bonds is 2. The average Bonchev–Trinajstić information content (AvgIpc) is 2.84. The van der Waals surface area contributed by atoms with Gasteiger partial charge in [0.1, 0.15) is 0 Å². The zero-order valence-electron chi connectivity index (χ0n) is 9.97. The molecule has 1 saturated heterocycles. The maximum Gasteiger partial charge on any atom is 0.323 e. The van der Waals surface area contributed by atoms with Gasteiger partial charge < -0.3 is 14.2 Å². The van der Waals surface area contributed by atoms with Crippen LogP contribution in [0.2, 0.25) is 0 Å². The highest BCUT2D eigenvalue weighted by Crippen LogP contribution is 2.46. The summed E-state index contributed by atoms with van der Waals surface area (Å²) in [7, 11) is 2.58. The van der Waals surface area contributed by atoms with Crippen molar-refractivity contribution >= 4 is 11.9 Å². The Hall–Kier alpha value is -1.36. The maximum absolute atomic E-state index is 12.0. The van der Waals surface area contributed by atoms with E-state index in [1.807, 2.05) is 6.08 Å². The minimum atomic E-state index is -1.24. The normalized spacial score (nSPS) is 29.5. The molecule has 0 N–H and O–H groups in total. The Morgan fingerprint density at radius 3 is 2.53 bits per heavy atom. The molecule has 1 aliphatic heterocycles. The van der Waals surface area contributed by atoms with Crippen molar-refractivity contribution in [3.05, 3.63) is 12.2 Å². The molecule has 0 radical (unpaired) electrons. The summed E-state index contributed by atoms with van der Waals surface area (Å²) >= 11 is 0. The van der Waals surface area contributed by atoms with Crippen LogP contribution in [0.15, 0.2) is 12.2 Å². The van der Waals surface area contributed by atoms with Gasteiger partial charge in [0.25, 0.3) is 0 Å². The van der Waals surface area contributed by atoms with Gasteiger partial charge in [0, 0.05) is 12.5 Å². The van der Waals surface area contributed by atoms with E-state index in [0.29, 0.717) is 19.4 Å². The van der Waals surface area contributed by atoms with E-state index in [1.165, 1.54) is 14.2 Å². The summed E-state index contributed by atoms with van der Waals surface area (Å²) in [6, 6.07) is 0. The summed E-state index contributed by atoms with van der Waals surface area (Å²) < 4.78 is 15.1. The molecule has 2 rings (SSSR count). The monoisotopic (exact) mass is 240 g/mol. The minimum Gasteiger partial charge on any atom is -0.468 e. The summed E-state index contributed by atoms with van der Waals surface area (Å²) in [5.74, 6) is -1.25. The second-order valence-electron chi connectivity index (χ2n) is 4.32. The van der Waals surface area contributed by atoms with Crippen LogP contribution >= 0.6 is 0 Å². The van der Waals surface area contributed by atoms with Crippen LogP contribution in [0.1, 0.15) is 12.8 Å². The molecule has 1 fully saturated rings. The van der Waals surface area contributed by atoms with Crippen molar-refractivity contribution < 1.29 is 23.8 Å². The molecule has 1 aliphatic carbocycles. The first-order valence-electron chi connectivity index (χ1n) is 5.62. The van der Waals surface area contributed by atoms with Gasteiger partial charge in [0.2, 0.25) is 0 Å². The molecule has 0 saturated carbocycles. The smallest absolute Gasteiger partial charge is 0.323 e. The Balaban J connectivity index is 2.42. The molecule has 5 nitrogen and oxygen atoms in total. The van der Waals surface area contributed by atoms with E-state index in [-0.39, 0.29) is 12.0 Å². The van der Waals surface area contributed by atoms with Gasteiger partial charge >= 0.3 is 11.9 Å². The second kappa shape index (κ2) is 4.49. The molecular weight excluding hydrogens is 224 g/mol. The standard InChI is InChI=1S/C12H16O5/c1-15-10(13)12(11(14)16-2)6-3-4-9-8(12)5-7-17-9/h3-4,8-9H,5-7H2,1-2H3/t8-,9-/m0/s1. The topological polar surface area (TPSA) is 61.8 Å². The third kappa shape index (κ3) is 1.65. The zero-order chi connectivity index (χ0) is 12.5. The number of carbonyl (C=O) groups excluding carboxylic acids is 2. The number of fused-ring (bicyclic) bond motifs is 1. The molecule has 0 aromatic heterocycles. The van der Waals surface area contributed by atoms with Crippen molar-refractivity contribution in [2.45, 2.75) is 18.9 Å². The lowest BCUT2D eigenvalue weighted by molar-refractivity contribution is -0.175. The molecule has 2 aliphatic rings. The first kappa shape index (κ1) is 12.1. The van der Waals surface area contributed by atoms with E-state index in [1.54, 1.807) is 6.08 Å².